The fourth-order valence-corrected chi connectivity index (χ4v) is 2.04. The Balaban J connectivity index is 2.29. The third-order valence-electron chi connectivity index (χ3n) is 3.30. The van der Waals surface area contributed by atoms with Crippen LogP contribution in [0.2, 0.25) is 0 Å². The molecule has 0 aliphatic heterocycles. The van der Waals surface area contributed by atoms with Crippen LogP contribution in [-0.4, -0.2) is 6.04 Å². The van der Waals surface area contributed by atoms with Crippen molar-refractivity contribution in [3.05, 3.63) is 35.1 Å². The van der Waals surface area contributed by atoms with Crippen LogP contribution < -0.4 is 5.32 Å². The molecule has 0 saturated carbocycles. The van der Waals surface area contributed by atoms with Gasteiger partial charge in [-0.05, 0) is 43.4 Å². The van der Waals surface area contributed by atoms with Crippen LogP contribution in [0.15, 0.2) is 18.2 Å². The maximum absolute atomic E-state index is 13.1. The predicted molar refractivity (Wildman–Crippen MR) is 76.1 cm³/mol. The highest BCUT2D eigenvalue weighted by atomic mass is 19.1. The molecular formula is C16H26FN. The second kappa shape index (κ2) is 7.52. The van der Waals surface area contributed by atoms with Crippen molar-refractivity contribution in [2.24, 2.45) is 5.92 Å². The molecule has 0 fully saturated rings. The Morgan fingerprint density at radius 1 is 1.17 bits per heavy atom. The van der Waals surface area contributed by atoms with Gasteiger partial charge in [0.2, 0.25) is 0 Å². The molecule has 102 valence electrons. The number of halogens is 1. The summed E-state index contributed by atoms with van der Waals surface area (Å²) in [5, 5.41) is 3.50. The van der Waals surface area contributed by atoms with E-state index < -0.39 is 0 Å². The summed E-state index contributed by atoms with van der Waals surface area (Å²) in [5.41, 5.74) is 1.88. The molecule has 0 amide bonds. The van der Waals surface area contributed by atoms with E-state index in [9.17, 15) is 4.39 Å². The molecule has 1 unspecified atom stereocenters. The number of benzene rings is 1. The lowest BCUT2D eigenvalue weighted by atomic mass is 10.0. The van der Waals surface area contributed by atoms with Crippen LogP contribution in [-0.2, 0) is 6.54 Å². The SMILES string of the molecule is Cc1cc(CNC(C)CCCC(C)C)ccc1F. The molecule has 2 heteroatoms. The summed E-state index contributed by atoms with van der Waals surface area (Å²) >= 11 is 0. The zero-order valence-electron chi connectivity index (χ0n) is 12.1. The van der Waals surface area contributed by atoms with Crippen molar-refractivity contribution in [1.82, 2.24) is 5.32 Å². The van der Waals surface area contributed by atoms with E-state index in [0.29, 0.717) is 6.04 Å². The standard InChI is InChI=1S/C16H26FN/c1-12(2)6-5-7-14(4)18-11-15-8-9-16(17)13(3)10-15/h8-10,12,14,18H,5-7,11H2,1-4H3. The quantitative estimate of drug-likeness (QED) is 0.755. The minimum atomic E-state index is -0.122. The minimum Gasteiger partial charge on any atom is -0.310 e. The van der Waals surface area contributed by atoms with Gasteiger partial charge in [-0.25, -0.2) is 4.39 Å². The van der Waals surface area contributed by atoms with Crippen molar-refractivity contribution < 1.29 is 4.39 Å². The zero-order chi connectivity index (χ0) is 13.5. The largest absolute Gasteiger partial charge is 0.310 e. The average molecular weight is 251 g/mol. The molecule has 0 bridgehead atoms. The lowest BCUT2D eigenvalue weighted by Crippen LogP contribution is -2.25. The van der Waals surface area contributed by atoms with E-state index in [1.54, 1.807) is 6.07 Å². The number of aryl methyl sites for hydroxylation is 1. The lowest BCUT2D eigenvalue weighted by Gasteiger charge is -2.14. The summed E-state index contributed by atoms with van der Waals surface area (Å²) < 4.78 is 13.1. The molecule has 1 aromatic carbocycles. The molecule has 18 heavy (non-hydrogen) atoms. The summed E-state index contributed by atoms with van der Waals surface area (Å²) in [6, 6.07) is 5.85. The fraction of sp³-hybridized carbons (Fsp3) is 0.625. The van der Waals surface area contributed by atoms with E-state index in [2.05, 4.69) is 26.1 Å². The van der Waals surface area contributed by atoms with Crippen LogP contribution in [0.1, 0.15) is 51.2 Å². The van der Waals surface area contributed by atoms with E-state index >= 15 is 0 Å². The molecule has 0 aromatic heterocycles. The molecular weight excluding hydrogens is 225 g/mol. The van der Waals surface area contributed by atoms with Gasteiger partial charge in [-0.3, -0.25) is 0 Å². The lowest BCUT2D eigenvalue weighted by molar-refractivity contribution is 0.457. The summed E-state index contributed by atoms with van der Waals surface area (Å²) in [4.78, 5) is 0. The van der Waals surface area contributed by atoms with Gasteiger partial charge < -0.3 is 5.32 Å². The normalized spacial score (nSPS) is 13.0. The summed E-state index contributed by atoms with van der Waals surface area (Å²) in [6.45, 7) is 9.38. The van der Waals surface area contributed by atoms with Crippen molar-refractivity contribution >= 4 is 0 Å². The summed E-state index contributed by atoms with van der Waals surface area (Å²) in [5.74, 6) is 0.667. The van der Waals surface area contributed by atoms with Gasteiger partial charge in [0.25, 0.3) is 0 Å². The van der Waals surface area contributed by atoms with Crippen molar-refractivity contribution in [1.29, 1.82) is 0 Å². The highest BCUT2D eigenvalue weighted by Crippen LogP contribution is 2.11. The average Bonchev–Trinajstić information content (AvgIpc) is 2.30. The topological polar surface area (TPSA) is 12.0 Å². The first-order valence-electron chi connectivity index (χ1n) is 6.97. The van der Waals surface area contributed by atoms with Crippen LogP contribution in [0, 0.1) is 18.7 Å². The molecule has 1 nitrogen and oxygen atoms in total. The smallest absolute Gasteiger partial charge is 0.126 e. The van der Waals surface area contributed by atoms with Gasteiger partial charge in [0, 0.05) is 12.6 Å². The van der Waals surface area contributed by atoms with E-state index in [0.717, 1.165) is 23.6 Å². The predicted octanol–water partition coefficient (Wildman–Crippen LogP) is 4.44. The van der Waals surface area contributed by atoms with Crippen molar-refractivity contribution in [3.8, 4) is 0 Å². The highest BCUT2D eigenvalue weighted by molar-refractivity contribution is 5.23. The molecule has 1 aromatic rings. The molecule has 0 aliphatic rings. The number of nitrogens with one attached hydrogen (secondary N) is 1. The molecule has 0 saturated heterocycles. The van der Waals surface area contributed by atoms with Crippen LogP contribution in [0.25, 0.3) is 0 Å². The van der Waals surface area contributed by atoms with Gasteiger partial charge in [-0.2, -0.15) is 0 Å². The first-order chi connectivity index (χ1) is 8.49. The second-order valence-corrected chi connectivity index (χ2v) is 5.69. The van der Waals surface area contributed by atoms with E-state index in [1.165, 1.54) is 19.3 Å². The van der Waals surface area contributed by atoms with E-state index in [-0.39, 0.29) is 5.82 Å². The van der Waals surface area contributed by atoms with Crippen LogP contribution in [0.3, 0.4) is 0 Å². The number of rotatable bonds is 7. The highest BCUT2D eigenvalue weighted by Gasteiger charge is 2.04. The second-order valence-electron chi connectivity index (χ2n) is 5.69. The van der Waals surface area contributed by atoms with Gasteiger partial charge >= 0.3 is 0 Å². The number of hydrogen-bond donors (Lipinski definition) is 1. The van der Waals surface area contributed by atoms with Gasteiger partial charge in [0.05, 0.1) is 0 Å². The van der Waals surface area contributed by atoms with Gasteiger partial charge in [-0.15, -0.1) is 0 Å². The monoisotopic (exact) mass is 251 g/mol. The van der Waals surface area contributed by atoms with E-state index in [1.807, 2.05) is 19.1 Å². The van der Waals surface area contributed by atoms with Crippen molar-refractivity contribution in [2.75, 3.05) is 0 Å². The summed E-state index contributed by atoms with van der Waals surface area (Å²) in [7, 11) is 0. The maximum Gasteiger partial charge on any atom is 0.126 e. The van der Waals surface area contributed by atoms with Gasteiger partial charge in [0.1, 0.15) is 5.82 Å². The first kappa shape index (κ1) is 15.2. The molecule has 0 radical (unpaired) electrons. The minimum absolute atomic E-state index is 0.122. The molecule has 0 aliphatic carbocycles. The maximum atomic E-state index is 13.1. The molecule has 0 heterocycles. The third kappa shape index (κ3) is 5.63. The van der Waals surface area contributed by atoms with Gasteiger partial charge in [0.15, 0.2) is 0 Å². The van der Waals surface area contributed by atoms with Crippen molar-refractivity contribution in [2.45, 2.75) is 59.5 Å². The first-order valence-corrected chi connectivity index (χ1v) is 6.97. The van der Waals surface area contributed by atoms with Crippen LogP contribution >= 0.6 is 0 Å². The Bertz CT molecular complexity index is 360. The zero-order valence-corrected chi connectivity index (χ0v) is 12.1. The molecule has 1 rings (SSSR count). The van der Waals surface area contributed by atoms with E-state index in [4.69, 9.17) is 0 Å². The van der Waals surface area contributed by atoms with Crippen LogP contribution in [0.4, 0.5) is 4.39 Å². The molecule has 1 N–H and O–H groups in total. The van der Waals surface area contributed by atoms with Crippen LogP contribution in [0.5, 0.6) is 0 Å². The molecule has 0 spiro atoms. The van der Waals surface area contributed by atoms with Crippen molar-refractivity contribution in [3.63, 3.8) is 0 Å². The van der Waals surface area contributed by atoms with Gasteiger partial charge in [-0.1, -0.05) is 38.8 Å². The summed E-state index contributed by atoms with van der Waals surface area (Å²) in [6.07, 6.45) is 3.77. The Morgan fingerprint density at radius 3 is 2.50 bits per heavy atom. The third-order valence-corrected chi connectivity index (χ3v) is 3.30. The fourth-order valence-electron chi connectivity index (χ4n) is 2.04. The Hall–Kier alpha value is -0.890. The molecule has 1 atom stereocenters. The Kier molecular flexibility index (Phi) is 6.34. The Labute approximate surface area is 111 Å². The number of hydrogen-bond acceptors (Lipinski definition) is 1. The Morgan fingerprint density at radius 2 is 1.89 bits per heavy atom.